The molecule has 1 fully saturated rings. The van der Waals surface area contributed by atoms with Crippen molar-refractivity contribution in [3.8, 4) is 0 Å². The van der Waals surface area contributed by atoms with Crippen LogP contribution in [0.15, 0.2) is 30.3 Å². The number of ether oxygens (including phenoxy) is 1. The zero-order valence-corrected chi connectivity index (χ0v) is 15.8. The van der Waals surface area contributed by atoms with Crippen molar-refractivity contribution in [2.45, 2.75) is 71.9 Å². The van der Waals surface area contributed by atoms with E-state index in [4.69, 9.17) is 4.74 Å². The Labute approximate surface area is 143 Å². The zero-order valence-electron chi connectivity index (χ0n) is 15.8. The fourth-order valence-electron chi connectivity index (χ4n) is 4.12. The number of rotatable bonds is 7. The van der Waals surface area contributed by atoms with Crippen molar-refractivity contribution in [1.29, 1.82) is 0 Å². The van der Waals surface area contributed by atoms with E-state index in [9.17, 15) is 0 Å². The van der Waals surface area contributed by atoms with Gasteiger partial charge < -0.3 is 10.1 Å². The molecule has 1 saturated heterocycles. The minimum absolute atomic E-state index is 0.0770. The molecule has 3 atom stereocenters. The molecule has 0 aliphatic carbocycles. The Morgan fingerprint density at radius 1 is 1.17 bits per heavy atom. The monoisotopic (exact) mass is 318 g/mol. The first kappa shape index (κ1) is 18.5. The molecule has 1 aliphatic rings. The molecular weight excluding hydrogens is 282 g/mol. The van der Waals surface area contributed by atoms with E-state index in [2.05, 4.69) is 70.3 Å². The molecule has 0 bridgehead atoms. The van der Waals surface area contributed by atoms with Crippen molar-refractivity contribution >= 4 is 0 Å². The molecule has 2 heteroatoms. The van der Waals surface area contributed by atoms with Gasteiger partial charge in [-0.05, 0) is 44.4 Å². The highest BCUT2D eigenvalue weighted by molar-refractivity contribution is 5.16. The smallest absolute Gasteiger partial charge is 0.109 e. The summed E-state index contributed by atoms with van der Waals surface area (Å²) in [5.74, 6) is 0.720. The molecule has 0 spiro atoms. The van der Waals surface area contributed by atoms with Crippen LogP contribution in [0.4, 0.5) is 0 Å². The van der Waals surface area contributed by atoms with Crippen molar-refractivity contribution < 1.29 is 10.1 Å². The van der Waals surface area contributed by atoms with E-state index >= 15 is 0 Å². The molecule has 130 valence electrons. The summed E-state index contributed by atoms with van der Waals surface area (Å²) in [5, 5.41) is 2.51. The number of nitrogens with two attached hydrogens (primary N) is 1. The number of hydrogen-bond donors (Lipinski definition) is 1. The van der Waals surface area contributed by atoms with Gasteiger partial charge in [0.05, 0.1) is 12.1 Å². The van der Waals surface area contributed by atoms with Crippen LogP contribution in [0.25, 0.3) is 0 Å². The number of hydrogen-bond acceptors (Lipinski definition) is 1. The number of benzene rings is 1. The van der Waals surface area contributed by atoms with Crippen LogP contribution in [0.2, 0.25) is 0 Å². The molecule has 0 amide bonds. The van der Waals surface area contributed by atoms with Gasteiger partial charge in [0.25, 0.3) is 0 Å². The Kier molecular flexibility index (Phi) is 6.27. The Balaban J connectivity index is 1.95. The Morgan fingerprint density at radius 3 is 2.48 bits per heavy atom. The summed E-state index contributed by atoms with van der Waals surface area (Å²) in [6, 6.07) is 11.4. The molecule has 1 aromatic rings. The molecule has 1 heterocycles. The van der Waals surface area contributed by atoms with E-state index in [0.717, 1.165) is 18.9 Å². The van der Waals surface area contributed by atoms with E-state index in [-0.39, 0.29) is 5.60 Å². The van der Waals surface area contributed by atoms with Gasteiger partial charge in [0.15, 0.2) is 0 Å². The normalized spacial score (nSPS) is 29.7. The lowest BCUT2D eigenvalue weighted by atomic mass is 9.64. The van der Waals surface area contributed by atoms with E-state index < -0.39 is 0 Å². The van der Waals surface area contributed by atoms with Crippen LogP contribution in [0, 0.1) is 11.3 Å². The van der Waals surface area contributed by atoms with Gasteiger partial charge in [-0.25, -0.2) is 0 Å². The average molecular weight is 319 g/mol. The van der Waals surface area contributed by atoms with Crippen LogP contribution < -0.4 is 5.32 Å². The maximum Gasteiger partial charge on any atom is 0.109 e. The molecule has 2 rings (SSSR count). The van der Waals surface area contributed by atoms with Crippen LogP contribution in [0.5, 0.6) is 0 Å². The first-order valence-corrected chi connectivity index (χ1v) is 9.43. The highest BCUT2D eigenvalue weighted by Crippen LogP contribution is 2.47. The van der Waals surface area contributed by atoms with E-state index in [1.165, 1.54) is 31.4 Å². The van der Waals surface area contributed by atoms with Crippen molar-refractivity contribution in [3.05, 3.63) is 35.9 Å². The molecule has 23 heavy (non-hydrogen) atoms. The van der Waals surface area contributed by atoms with Crippen LogP contribution in [-0.4, -0.2) is 18.8 Å². The SMILES string of the molecule is CC[C@]1(C)C[C@@](CC[NH2+][C@@H](C)c2ccccc2)(C(C)C)CCO1. The summed E-state index contributed by atoms with van der Waals surface area (Å²) in [7, 11) is 0. The predicted molar refractivity (Wildman–Crippen MR) is 97.4 cm³/mol. The van der Waals surface area contributed by atoms with E-state index in [1.807, 2.05) is 0 Å². The first-order chi connectivity index (χ1) is 10.9. The van der Waals surface area contributed by atoms with Gasteiger partial charge in [-0.15, -0.1) is 0 Å². The Bertz CT molecular complexity index is 472. The molecule has 2 nitrogen and oxygen atoms in total. The van der Waals surface area contributed by atoms with Gasteiger partial charge in [-0.1, -0.05) is 51.1 Å². The van der Waals surface area contributed by atoms with Crippen molar-refractivity contribution in [1.82, 2.24) is 0 Å². The van der Waals surface area contributed by atoms with E-state index in [1.54, 1.807) is 0 Å². The summed E-state index contributed by atoms with van der Waals surface area (Å²) in [5.41, 5.74) is 1.94. The summed E-state index contributed by atoms with van der Waals surface area (Å²) in [6.45, 7) is 13.8. The largest absolute Gasteiger partial charge is 0.375 e. The van der Waals surface area contributed by atoms with Crippen molar-refractivity contribution in [2.75, 3.05) is 13.2 Å². The minimum Gasteiger partial charge on any atom is -0.375 e. The second-order valence-corrected chi connectivity index (χ2v) is 8.07. The minimum atomic E-state index is 0.0770. The van der Waals surface area contributed by atoms with Crippen LogP contribution in [0.1, 0.15) is 71.9 Å². The fourth-order valence-corrected chi connectivity index (χ4v) is 4.12. The summed E-state index contributed by atoms with van der Waals surface area (Å²) < 4.78 is 6.11. The lowest BCUT2D eigenvalue weighted by Gasteiger charge is -2.48. The van der Waals surface area contributed by atoms with Crippen LogP contribution in [0.3, 0.4) is 0 Å². The molecule has 1 aliphatic heterocycles. The highest BCUT2D eigenvalue weighted by Gasteiger charge is 2.44. The van der Waals surface area contributed by atoms with Crippen molar-refractivity contribution in [2.24, 2.45) is 11.3 Å². The zero-order chi connectivity index (χ0) is 16.9. The van der Waals surface area contributed by atoms with Gasteiger partial charge in [0.1, 0.15) is 6.04 Å². The number of quaternary nitrogens is 1. The first-order valence-electron chi connectivity index (χ1n) is 9.43. The van der Waals surface area contributed by atoms with Gasteiger partial charge in [0, 0.05) is 18.6 Å². The molecule has 0 radical (unpaired) electrons. The lowest BCUT2D eigenvalue weighted by Crippen LogP contribution is -2.85. The second kappa shape index (κ2) is 7.81. The molecule has 2 N–H and O–H groups in total. The third-order valence-corrected chi connectivity index (χ3v) is 6.24. The Morgan fingerprint density at radius 2 is 1.87 bits per heavy atom. The van der Waals surface area contributed by atoms with Gasteiger partial charge in [0.2, 0.25) is 0 Å². The van der Waals surface area contributed by atoms with Gasteiger partial charge >= 0.3 is 0 Å². The van der Waals surface area contributed by atoms with Gasteiger partial charge in [-0.3, -0.25) is 0 Å². The maximum absolute atomic E-state index is 6.11. The van der Waals surface area contributed by atoms with Crippen LogP contribution in [-0.2, 0) is 4.74 Å². The maximum atomic E-state index is 6.11. The van der Waals surface area contributed by atoms with Crippen molar-refractivity contribution in [3.63, 3.8) is 0 Å². The molecule has 1 aromatic carbocycles. The van der Waals surface area contributed by atoms with E-state index in [0.29, 0.717) is 11.5 Å². The third kappa shape index (κ3) is 4.58. The topological polar surface area (TPSA) is 25.8 Å². The molecular formula is C21H36NO+. The third-order valence-electron chi connectivity index (χ3n) is 6.24. The summed E-state index contributed by atoms with van der Waals surface area (Å²) in [4.78, 5) is 0. The molecule has 0 aromatic heterocycles. The summed E-state index contributed by atoms with van der Waals surface area (Å²) >= 11 is 0. The predicted octanol–water partition coefficient (Wildman–Crippen LogP) is 4.32. The van der Waals surface area contributed by atoms with Crippen LogP contribution >= 0.6 is 0 Å². The average Bonchev–Trinajstić information content (AvgIpc) is 2.55. The highest BCUT2D eigenvalue weighted by atomic mass is 16.5. The van der Waals surface area contributed by atoms with Gasteiger partial charge in [-0.2, -0.15) is 0 Å². The quantitative estimate of drug-likeness (QED) is 0.796. The Hall–Kier alpha value is -0.860. The molecule has 0 saturated carbocycles. The second-order valence-electron chi connectivity index (χ2n) is 8.07. The molecule has 0 unspecified atom stereocenters. The lowest BCUT2D eigenvalue weighted by molar-refractivity contribution is -0.694. The standard InChI is InChI=1S/C21H35NO/c1-6-20(5)16-21(17(2)3,13-15-23-20)12-14-22-18(4)19-10-8-7-9-11-19/h7-11,17-18,22H,6,12-16H2,1-5H3/p+1/t18-,20+,21-/m0/s1. The fraction of sp³-hybridized carbons (Fsp3) is 0.714. The summed E-state index contributed by atoms with van der Waals surface area (Å²) in [6.07, 6.45) is 4.84.